The fourth-order valence-electron chi connectivity index (χ4n) is 1.49. The summed E-state index contributed by atoms with van der Waals surface area (Å²) in [4.78, 5) is 10.7. The van der Waals surface area contributed by atoms with Crippen molar-refractivity contribution >= 4 is 5.91 Å². The monoisotopic (exact) mass is 237 g/mol. The maximum absolute atomic E-state index is 10.7. The van der Waals surface area contributed by atoms with E-state index in [9.17, 15) is 20.1 Å². The quantitative estimate of drug-likeness (QED) is 0.364. The normalized spacial score (nSPS) is 38.7. The van der Waals surface area contributed by atoms with Gasteiger partial charge in [0.1, 0.15) is 24.4 Å². The summed E-state index contributed by atoms with van der Waals surface area (Å²) in [5.41, 5.74) is 0. The number of carbonyl (C=O) groups excluding carboxylic acids is 1. The highest BCUT2D eigenvalue weighted by Crippen LogP contribution is 2.19. The minimum absolute atomic E-state index is 0. The maximum atomic E-state index is 10.7. The van der Waals surface area contributed by atoms with Gasteiger partial charge in [-0.3, -0.25) is 4.79 Å². The van der Waals surface area contributed by atoms with E-state index in [2.05, 4.69) is 5.32 Å². The Morgan fingerprint density at radius 3 is 2.31 bits per heavy atom. The molecule has 1 fully saturated rings. The fourth-order valence-corrected chi connectivity index (χ4v) is 1.49. The van der Waals surface area contributed by atoms with Crippen LogP contribution in [0.25, 0.3) is 0 Å². The molecule has 16 heavy (non-hydrogen) atoms. The van der Waals surface area contributed by atoms with Crippen LogP contribution in [0.4, 0.5) is 0 Å². The van der Waals surface area contributed by atoms with Crippen LogP contribution in [0.3, 0.4) is 0 Å². The van der Waals surface area contributed by atoms with Gasteiger partial charge < -0.3 is 30.5 Å². The van der Waals surface area contributed by atoms with E-state index in [0.29, 0.717) is 0 Å². The van der Waals surface area contributed by atoms with Crippen LogP contribution in [-0.4, -0.2) is 63.6 Å². The summed E-state index contributed by atoms with van der Waals surface area (Å²) in [5, 5.41) is 39.4. The van der Waals surface area contributed by atoms with Crippen molar-refractivity contribution in [3.63, 3.8) is 0 Å². The molecule has 1 heterocycles. The molecule has 96 valence electrons. The Morgan fingerprint density at radius 2 is 1.88 bits per heavy atom. The Bertz CT molecular complexity index is 236. The van der Waals surface area contributed by atoms with Crippen molar-refractivity contribution in [2.45, 2.75) is 45.0 Å². The van der Waals surface area contributed by atoms with E-state index in [1.54, 1.807) is 0 Å². The first-order valence-corrected chi connectivity index (χ1v) is 4.55. The minimum atomic E-state index is -1.45. The van der Waals surface area contributed by atoms with Crippen molar-refractivity contribution < 1.29 is 30.0 Å². The van der Waals surface area contributed by atoms with Crippen molar-refractivity contribution in [3.8, 4) is 0 Å². The fraction of sp³-hybridized carbons (Fsp3) is 0.889. The molecule has 0 aromatic carbocycles. The van der Waals surface area contributed by atoms with E-state index < -0.39 is 43.2 Å². The lowest BCUT2D eigenvalue weighted by Crippen LogP contribution is -2.63. The van der Waals surface area contributed by atoms with Gasteiger partial charge in [0.05, 0.1) is 6.61 Å². The van der Waals surface area contributed by atoms with E-state index in [-0.39, 0.29) is 7.43 Å². The van der Waals surface area contributed by atoms with E-state index in [4.69, 9.17) is 9.84 Å². The molecule has 7 heteroatoms. The number of carbonyl (C=O) groups is 1. The largest absolute Gasteiger partial charge is 0.394 e. The molecule has 0 spiro atoms. The maximum Gasteiger partial charge on any atom is 0.217 e. The Balaban J connectivity index is 0.00000225. The number of aliphatic hydroxyl groups excluding tert-OH is 4. The van der Waals surface area contributed by atoms with Crippen LogP contribution in [0, 0.1) is 0 Å². The minimum Gasteiger partial charge on any atom is -0.394 e. The van der Waals surface area contributed by atoms with Crippen LogP contribution in [0.1, 0.15) is 14.4 Å². The molecule has 0 bridgehead atoms. The molecule has 7 nitrogen and oxygen atoms in total. The van der Waals surface area contributed by atoms with Gasteiger partial charge in [-0.25, -0.2) is 0 Å². The zero-order valence-electron chi connectivity index (χ0n) is 8.20. The summed E-state index contributed by atoms with van der Waals surface area (Å²) in [6, 6.07) is -1.10. The lowest BCUT2D eigenvalue weighted by Gasteiger charge is -2.40. The molecule has 0 aromatic heterocycles. The van der Waals surface area contributed by atoms with Crippen molar-refractivity contribution in [2.75, 3.05) is 6.61 Å². The molecule has 0 aliphatic carbocycles. The molecule has 5 atom stereocenters. The molecule has 1 unspecified atom stereocenters. The smallest absolute Gasteiger partial charge is 0.217 e. The predicted molar refractivity (Wildman–Crippen MR) is 54.3 cm³/mol. The first-order valence-electron chi connectivity index (χ1n) is 4.55. The third-order valence-corrected chi connectivity index (χ3v) is 2.27. The number of hydrogen-bond acceptors (Lipinski definition) is 6. The van der Waals surface area contributed by atoms with Gasteiger partial charge in [0.25, 0.3) is 0 Å². The molecule has 5 N–H and O–H groups in total. The molecule has 0 aromatic rings. The molecule has 1 aliphatic heterocycles. The lowest BCUT2D eigenvalue weighted by atomic mass is 9.97. The van der Waals surface area contributed by atoms with Crippen LogP contribution in [-0.2, 0) is 9.53 Å². The van der Waals surface area contributed by atoms with Crippen molar-refractivity contribution in [1.82, 2.24) is 5.32 Å². The standard InChI is InChI=1S/C8H15NO6.CH4/c1-3(11)9-5-7(13)6(12)4(2-10)15-8(5)14;/h4-8,10,12-14H,2H2,1H3,(H,9,11);1H4/t4-,5-,6-,7-,8?;/m1./s1. The number of amides is 1. The van der Waals surface area contributed by atoms with Crippen LogP contribution < -0.4 is 5.32 Å². The molecule has 0 saturated carbocycles. The Morgan fingerprint density at radius 1 is 1.31 bits per heavy atom. The molecule has 0 radical (unpaired) electrons. The van der Waals surface area contributed by atoms with E-state index in [0.717, 1.165) is 0 Å². The van der Waals surface area contributed by atoms with Gasteiger partial charge in [-0.1, -0.05) is 7.43 Å². The van der Waals surface area contributed by atoms with Gasteiger partial charge in [-0.2, -0.15) is 0 Å². The van der Waals surface area contributed by atoms with Crippen LogP contribution in [0.2, 0.25) is 0 Å². The van der Waals surface area contributed by atoms with Gasteiger partial charge >= 0.3 is 0 Å². The average Bonchev–Trinajstić information content (AvgIpc) is 2.18. The highest BCUT2D eigenvalue weighted by atomic mass is 16.6. The SMILES string of the molecule is C.CC(=O)N[C@H]1C(O)O[C@H](CO)[C@@H](O)[C@@H]1O. The van der Waals surface area contributed by atoms with Gasteiger partial charge in [0.15, 0.2) is 6.29 Å². The lowest BCUT2D eigenvalue weighted by molar-refractivity contribution is -0.253. The molecular weight excluding hydrogens is 218 g/mol. The van der Waals surface area contributed by atoms with E-state index in [1.807, 2.05) is 0 Å². The second-order valence-corrected chi connectivity index (χ2v) is 3.46. The first kappa shape index (κ1) is 15.3. The van der Waals surface area contributed by atoms with E-state index >= 15 is 0 Å². The summed E-state index contributed by atoms with van der Waals surface area (Å²) in [6.45, 7) is 0.687. The van der Waals surface area contributed by atoms with Crippen molar-refractivity contribution in [1.29, 1.82) is 0 Å². The van der Waals surface area contributed by atoms with Crippen LogP contribution in [0.5, 0.6) is 0 Å². The van der Waals surface area contributed by atoms with Gasteiger partial charge in [-0.05, 0) is 0 Å². The molecular formula is C9H19NO6. The highest BCUT2D eigenvalue weighted by Gasteiger charge is 2.43. The molecule has 1 aliphatic rings. The summed E-state index contributed by atoms with van der Waals surface area (Å²) in [7, 11) is 0. The number of nitrogens with one attached hydrogen (secondary N) is 1. The molecule has 1 saturated heterocycles. The molecule has 1 rings (SSSR count). The van der Waals surface area contributed by atoms with E-state index in [1.165, 1.54) is 6.92 Å². The number of rotatable bonds is 2. The van der Waals surface area contributed by atoms with Gasteiger partial charge in [0, 0.05) is 6.92 Å². The number of ether oxygens (including phenoxy) is 1. The zero-order chi connectivity index (χ0) is 11.6. The number of aliphatic hydroxyl groups is 4. The van der Waals surface area contributed by atoms with Gasteiger partial charge in [-0.15, -0.1) is 0 Å². The van der Waals surface area contributed by atoms with Crippen LogP contribution in [0.15, 0.2) is 0 Å². The molecule has 1 amide bonds. The third kappa shape index (κ3) is 3.13. The average molecular weight is 237 g/mol. The van der Waals surface area contributed by atoms with Crippen molar-refractivity contribution in [3.05, 3.63) is 0 Å². The third-order valence-electron chi connectivity index (χ3n) is 2.27. The second-order valence-electron chi connectivity index (χ2n) is 3.46. The topological polar surface area (TPSA) is 119 Å². The van der Waals surface area contributed by atoms with Crippen molar-refractivity contribution in [2.24, 2.45) is 0 Å². The summed E-state index contributed by atoms with van der Waals surface area (Å²) in [6.07, 6.45) is -5.24. The zero-order valence-corrected chi connectivity index (χ0v) is 8.20. The Labute approximate surface area is 93.7 Å². The predicted octanol–water partition coefficient (Wildman–Crippen LogP) is -2.44. The summed E-state index contributed by atoms with van der Waals surface area (Å²) < 4.78 is 4.81. The first-order chi connectivity index (χ1) is 6.97. The van der Waals surface area contributed by atoms with Crippen LogP contribution >= 0.6 is 0 Å². The van der Waals surface area contributed by atoms with Gasteiger partial charge in [0.2, 0.25) is 5.91 Å². The number of hydrogen-bond donors (Lipinski definition) is 5. The Kier molecular flexibility index (Phi) is 5.84. The summed E-state index contributed by atoms with van der Waals surface area (Å²) >= 11 is 0. The Hall–Kier alpha value is -0.730. The summed E-state index contributed by atoms with van der Waals surface area (Å²) in [5.74, 6) is -0.462. The highest BCUT2D eigenvalue weighted by molar-refractivity contribution is 5.73. The second kappa shape index (κ2) is 6.12.